The van der Waals surface area contributed by atoms with Gasteiger partial charge in [-0.05, 0) is 35.7 Å². The highest BCUT2D eigenvalue weighted by Crippen LogP contribution is 2.24. The molecule has 1 saturated heterocycles. The number of carbonyl (C=O) groups is 1. The Bertz CT molecular complexity index is 1080. The molecular formula is C20H17N5O3S. The monoisotopic (exact) mass is 407 g/mol. The topological polar surface area (TPSA) is 88.5 Å². The summed E-state index contributed by atoms with van der Waals surface area (Å²) in [4.78, 5) is 17.7. The second-order valence-electron chi connectivity index (χ2n) is 6.59. The highest BCUT2D eigenvalue weighted by atomic mass is 32.1. The summed E-state index contributed by atoms with van der Waals surface area (Å²) in [6.45, 7) is 2.52. The molecule has 9 heteroatoms. The van der Waals surface area contributed by atoms with Crippen molar-refractivity contribution < 1.29 is 13.7 Å². The minimum Gasteiger partial charge on any atom is -0.461 e. The number of carbonyl (C=O) groups excluding carboxylic acids is 1. The lowest BCUT2D eigenvalue weighted by molar-refractivity contribution is 0.0736. The number of hydrogen-bond donors (Lipinski definition) is 0. The summed E-state index contributed by atoms with van der Waals surface area (Å²) in [5, 5.41) is 14.6. The third-order valence-corrected chi connectivity index (χ3v) is 5.70. The summed E-state index contributed by atoms with van der Waals surface area (Å²) >= 11 is 1.64. The molecule has 0 atom stereocenters. The van der Waals surface area contributed by atoms with Crippen LogP contribution in [0.2, 0.25) is 0 Å². The predicted molar refractivity (Wildman–Crippen MR) is 108 cm³/mol. The molecule has 8 nitrogen and oxygen atoms in total. The van der Waals surface area contributed by atoms with E-state index in [9.17, 15) is 4.79 Å². The van der Waals surface area contributed by atoms with Crippen LogP contribution in [-0.2, 0) is 0 Å². The smallest absolute Gasteiger partial charge is 0.276 e. The molecular weight excluding hydrogens is 390 g/mol. The van der Waals surface area contributed by atoms with Crippen LogP contribution in [0.4, 0.5) is 5.82 Å². The maximum absolute atomic E-state index is 12.7. The minimum absolute atomic E-state index is 0.148. The number of thiophene rings is 1. The van der Waals surface area contributed by atoms with Crippen LogP contribution in [0, 0.1) is 0 Å². The Hall–Kier alpha value is -3.46. The summed E-state index contributed by atoms with van der Waals surface area (Å²) in [6.07, 6.45) is 1.55. The maximum atomic E-state index is 12.7. The van der Waals surface area contributed by atoms with E-state index in [2.05, 4.69) is 20.3 Å². The van der Waals surface area contributed by atoms with E-state index in [0.29, 0.717) is 37.7 Å². The lowest BCUT2D eigenvalue weighted by Gasteiger charge is -2.34. The van der Waals surface area contributed by atoms with Crippen molar-refractivity contribution in [3.63, 3.8) is 0 Å². The van der Waals surface area contributed by atoms with Gasteiger partial charge in [-0.2, -0.15) is 0 Å². The molecule has 0 spiro atoms. The van der Waals surface area contributed by atoms with Gasteiger partial charge in [0.2, 0.25) is 5.76 Å². The van der Waals surface area contributed by atoms with Crippen LogP contribution in [0.5, 0.6) is 0 Å². The highest BCUT2D eigenvalue weighted by molar-refractivity contribution is 7.13. The normalized spacial score (nSPS) is 14.3. The van der Waals surface area contributed by atoms with Crippen LogP contribution < -0.4 is 4.90 Å². The molecule has 4 aromatic heterocycles. The Morgan fingerprint density at radius 1 is 1.00 bits per heavy atom. The number of anilines is 1. The molecule has 0 aromatic carbocycles. The molecule has 0 radical (unpaired) electrons. The third-order valence-electron chi connectivity index (χ3n) is 4.81. The summed E-state index contributed by atoms with van der Waals surface area (Å²) in [5.41, 5.74) is 1.15. The molecule has 1 amide bonds. The molecule has 29 heavy (non-hydrogen) atoms. The second-order valence-corrected chi connectivity index (χ2v) is 7.53. The number of hydrogen-bond acceptors (Lipinski definition) is 8. The van der Waals surface area contributed by atoms with E-state index in [1.54, 1.807) is 40.7 Å². The van der Waals surface area contributed by atoms with E-state index in [4.69, 9.17) is 8.94 Å². The zero-order valence-corrected chi connectivity index (χ0v) is 16.2. The average molecular weight is 407 g/mol. The van der Waals surface area contributed by atoms with Crippen LogP contribution >= 0.6 is 11.3 Å². The van der Waals surface area contributed by atoms with Crippen molar-refractivity contribution in [2.75, 3.05) is 31.1 Å². The molecule has 0 saturated carbocycles. The van der Waals surface area contributed by atoms with Gasteiger partial charge in [0.1, 0.15) is 5.69 Å². The van der Waals surface area contributed by atoms with Gasteiger partial charge in [0.15, 0.2) is 17.3 Å². The fourth-order valence-corrected chi connectivity index (χ4v) is 3.95. The van der Waals surface area contributed by atoms with E-state index in [1.165, 1.54) is 0 Å². The van der Waals surface area contributed by atoms with Gasteiger partial charge in [-0.1, -0.05) is 11.2 Å². The first-order valence-corrected chi connectivity index (χ1v) is 10.1. The lowest BCUT2D eigenvalue weighted by atomic mass is 10.2. The predicted octanol–water partition coefficient (Wildman–Crippen LogP) is 3.42. The van der Waals surface area contributed by atoms with Gasteiger partial charge in [-0.15, -0.1) is 21.5 Å². The molecule has 0 aliphatic carbocycles. The van der Waals surface area contributed by atoms with Crippen molar-refractivity contribution in [1.29, 1.82) is 0 Å². The molecule has 0 bridgehead atoms. The maximum Gasteiger partial charge on any atom is 0.276 e. The SMILES string of the molecule is O=C(c1cc(-c2ccco2)on1)N1CCN(c2ccc(-c3cccs3)nn2)CC1. The first-order valence-electron chi connectivity index (χ1n) is 9.20. The summed E-state index contributed by atoms with van der Waals surface area (Å²) in [5.74, 6) is 1.66. The zero-order valence-electron chi connectivity index (χ0n) is 15.4. The fraction of sp³-hybridized carbons (Fsp3) is 0.200. The first-order chi connectivity index (χ1) is 14.3. The van der Waals surface area contributed by atoms with Crippen LogP contribution in [-0.4, -0.2) is 52.3 Å². The van der Waals surface area contributed by atoms with Crippen molar-refractivity contribution in [2.24, 2.45) is 0 Å². The van der Waals surface area contributed by atoms with Gasteiger partial charge in [-0.25, -0.2) is 0 Å². The Kier molecular flexibility index (Phi) is 4.57. The molecule has 0 N–H and O–H groups in total. The standard InChI is InChI=1S/C20H17N5O3S/c26-20(15-13-17(28-23-15)16-3-1-11-27-16)25-9-7-24(8-10-25)19-6-5-14(21-22-19)18-4-2-12-29-18/h1-6,11-13H,7-10H2. The molecule has 1 aliphatic heterocycles. The largest absolute Gasteiger partial charge is 0.461 e. The average Bonchev–Trinajstić information content (AvgIpc) is 3.55. The molecule has 5 heterocycles. The van der Waals surface area contributed by atoms with Gasteiger partial charge in [-0.3, -0.25) is 4.79 Å². The number of rotatable bonds is 4. The van der Waals surface area contributed by atoms with E-state index < -0.39 is 0 Å². The van der Waals surface area contributed by atoms with Gasteiger partial charge in [0.25, 0.3) is 5.91 Å². The lowest BCUT2D eigenvalue weighted by Crippen LogP contribution is -2.49. The van der Waals surface area contributed by atoms with Crippen molar-refractivity contribution in [3.05, 3.63) is 59.8 Å². The molecule has 4 aromatic rings. The second kappa shape index (κ2) is 7.51. The summed E-state index contributed by atoms with van der Waals surface area (Å²) in [7, 11) is 0. The minimum atomic E-state index is -0.148. The summed E-state index contributed by atoms with van der Waals surface area (Å²) in [6, 6.07) is 13.1. The van der Waals surface area contributed by atoms with Crippen molar-refractivity contribution in [2.45, 2.75) is 0 Å². The van der Waals surface area contributed by atoms with Crippen LogP contribution in [0.15, 0.2) is 63.0 Å². The van der Waals surface area contributed by atoms with Crippen molar-refractivity contribution in [1.82, 2.24) is 20.3 Å². The Labute approximate surface area is 170 Å². The van der Waals surface area contributed by atoms with Crippen molar-refractivity contribution >= 4 is 23.1 Å². The van der Waals surface area contributed by atoms with Crippen molar-refractivity contribution in [3.8, 4) is 22.1 Å². The number of amides is 1. The van der Waals surface area contributed by atoms with Crippen LogP contribution in [0.3, 0.4) is 0 Å². The molecule has 0 unspecified atom stereocenters. The summed E-state index contributed by atoms with van der Waals surface area (Å²) < 4.78 is 10.5. The van der Waals surface area contributed by atoms with E-state index in [0.717, 1.165) is 16.4 Å². The number of aromatic nitrogens is 3. The van der Waals surface area contributed by atoms with Gasteiger partial charge < -0.3 is 18.7 Å². The van der Waals surface area contributed by atoms with Gasteiger partial charge >= 0.3 is 0 Å². The molecule has 1 aliphatic rings. The van der Waals surface area contributed by atoms with Gasteiger partial charge in [0, 0.05) is 32.2 Å². The molecule has 5 rings (SSSR count). The highest BCUT2D eigenvalue weighted by Gasteiger charge is 2.26. The first kappa shape index (κ1) is 17.6. The quantitative estimate of drug-likeness (QED) is 0.512. The molecule has 1 fully saturated rings. The van der Waals surface area contributed by atoms with Crippen LogP contribution in [0.25, 0.3) is 22.1 Å². The zero-order chi connectivity index (χ0) is 19.6. The Morgan fingerprint density at radius 3 is 2.59 bits per heavy atom. The van der Waals surface area contributed by atoms with E-state index in [-0.39, 0.29) is 11.6 Å². The van der Waals surface area contributed by atoms with E-state index in [1.807, 2.05) is 29.6 Å². The Balaban J connectivity index is 1.22. The third kappa shape index (κ3) is 3.52. The number of nitrogens with zero attached hydrogens (tertiary/aromatic N) is 5. The fourth-order valence-electron chi connectivity index (χ4n) is 3.26. The Morgan fingerprint density at radius 2 is 1.90 bits per heavy atom. The number of furan rings is 1. The number of piperazine rings is 1. The van der Waals surface area contributed by atoms with Gasteiger partial charge in [0.05, 0.1) is 11.1 Å². The molecule has 146 valence electrons. The van der Waals surface area contributed by atoms with E-state index >= 15 is 0 Å². The van der Waals surface area contributed by atoms with Crippen LogP contribution in [0.1, 0.15) is 10.5 Å².